The average Bonchev–Trinajstić information content (AvgIpc) is 3.13. The fourth-order valence-corrected chi connectivity index (χ4v) is 4.92. The van der Waals surface area contributed by atoms with Gasteiger partial charge in [-0.05, 0) is 84.1 Å². The molecule has 2 aliphatic rings. The minimum Gasteiger partial charge on any atom is -0.444 e. The van der Waals surface area contributed by atoms with Crippen LogP contribution in [0.3, 0.4) is 0 Å². The summed E-state index contributed by atoms with van der Waals surface area (Å²) >= 11 is 0. The van der Waals surface area contributed by atoms with E-state index in [0.717, 1.165) is 55.7 Å². The quantitative estimate of drug-likeness (QED) is 0.663. The molecular weight excluding hydrogens is 407 g/mol. The molecule has 0 bridgehead atoms. The Labute approximate surface area is 190 Å². The standard InChI is InChI=1S/C25H35FN4O2/c1-6-28(7-2)23-21-10-8-18-16-19(26)9-11-20(18)30(21)27-22(23)17-12-14-29(15-13-17)24(31)32-25(3,4)5/h9,11,16-17H,6-8,10,12-15H2,1-5H3. The molecule has 1 saturated heterocycles. The second-order valence-electron chi connectivity index (χ2n) is 9.78. The van der Waals surface area contributed by atoms with Crippen molar-refractivity contribution in [3.8, 4) is 5.69 Å². The number of hydrogen-bond acceptors (Lipinski definition) is 4. The lowest BCUT2D eigenvalue weighted by atomic mass is 9.91. The van der Waals surface area contributed by atoms with Crippen molar-refractivity contribution in [3.05, 3.63) is 41.0 Å². The van der Waals surface area contributed by atoms with Crippen molar-refractivity contribution in [2.24, 2.45) is 0 Å². The minimum absolute atomic E-state index is 0.196. The number of aryl methyl sites for hydroxylation is 1. The molecular formula is C25H35FN4O2. The summed E-state index contributed by atoms with van der Waals surface area (Å²) in [5.41, 5.74) is 5.08. The molecule has 2 aliphatic heterocycles. The van der Waals surface area contributed by atoms with Gasteiger partial charge in [-0.2, -0.15) is 5.10 Å². The SMILES string of the molecule is CCN(CC)c1c(C2CCN(C(=O)OC(C)(C)C)CC2)nn2c1CCc1cc(F)ccc1-2. The zero-order valence-corrected chi connectivity index (χ0v) is 19.9. The highest BCUT2D eigenvalue weighted by Gasteiger charge is 2.34. The van der Waals surface area contributed by atoms with Gasteiger partial charge in [0.25, 0.3) is 0 Å². The molecule has 0 saturated carbocycles. The van der Waals surface area contributed by atoms with E-state index >= 15 is 0 Å². The zero-order chi connectivity index (χ0) is 23.0. The Bertz CT molecular complexity index is 983. The predicted octanol–water partition coefficient (Wildman–Crippen LogP) is 5.07. The third-order valence-electron chi connectivity index (χ3n) is 6.49. The molecule has 2 aromatic rings. The summed E-state index contributed by atoms with van der Waals surface area (Å²) in [4.78, 5) is 16.7. The van der Waals surface area contributed by atoms with Crippen molar-refractivity contribution in [2.75, 3.05) is 31.1 Å². The molecule has 3 heterocycles. The zero-order valence-electron chi connectivity index (χ0n) is 19.9. The van der Waals surface area contributed by atoms with Crippen LogP contribution in [0.4, 0.5) is 14.9 Å². The van der Waals surface area contributed by atoms with Gasteiger partial charge in [0.2, 0.25) is 0 Å². The Kier molecular flexibility index (Phi) is 6.19. The van der Waals surface area contributed by atoms with E-state index in [-0.39, 0.29) is 17.8 Å². The molecule has 174 valence electrons. The minimum atomic E-state index is -0.486. The number of amides is 1. The predicted molar refractivity (Wildman–Crippen MR) is 124 cm³/mol. The molecule has 4 rings (SSSR count). The maximum atomic E-state index is 13.8. The first-order chi connectivity index (χ1) is 15.2. The van der Waals surface area contributed by atoms with Crippen LogP contribution in [0.1, 0.15) is 70.3 Å². The maximum absolute atomic E-state index is 13.8. The van der Waals surface area contributed by atoms with Gasteiger partial charge in [0.1, 0.15) is 11.4 Å². The summed E-state index contributed by atoms with van der Waals surface area (Å²) in [6.45, 7) is 13.2. The second kappa shape index (κ2) is 8.75. The number of ether oxygens (including phenoxy) is 1. The molecule has 0 atom stereocenters. The maximum Gasteiger partial charge on any atom is 0.410 e. The first-order valence-electron chi connectivity index (χ1n) is 11.8. The van der Waals surface area contributed by atoms with Crippen molar-refractivity contribution in [2.45, 2.75) is 71.8 Å². The number of carbonyl (C=O) groups excluding carboxylic acids is 1. The second-order valence-corrected chi connectivity index (χ2v) is 9.78. The lowest BCUT2D eigenvalue weighted by Gasteiger charge is -2.34. The summed E-state index contributed by atoms with van der Waals surface area (Å²) in [5, 5.41) is 5.11. The Hall–Kier alpha value is -2.57. The highest BCUT2D eigenvalue weighted by Crippen LogP contribution is 2.40. The molecule has 1 aromatic heterocycles. The van der Waals surface area contributed by atoms with Crippen molar-refractivity contribution in [1.82, 2.24) is 14.7 Å². The van der Waals surface area contributed by atoms with Crippen molar-refractivity contribution in [1.29, 1.82) is 0 Å². The molecule has 1 amide bonds. The lowest BCUT2D eigenvalue weighted by molar-refractivity contribution is 0.0204. The highest BCUT2D eigenvalue weighted by molar-refractivity contribution is 5.68. The van der Waals surface area contributed by atoms with Crippen LogP contribution in [0, 0.1) is 5.82 Å². The van der Waals surface area contributed by atoms with Crippen LogP contribution < -0.4 is 4.90 Å². The number of piperidine rings is 1. The van der Waals surface area contributed by atoms with E-state index in [0.29, 0.717) is 13.1 Å². The molecule has 32 heavy (non-hydrogen) atoms. The van der Waals surface area contributed by atoms with Gasteiger partial charge in [-0.3, -0.25) is 0 Å². The number of rotatable bonds is 4. The number of likely N-dealkylation sites (tertiary alicyclic amines) is 1. The van der Waals surface area contributed by atoms with Gasteiger partial charge >= 0.3 is 6.09 Å². The van der Waals surface area contributed by atoms with Crippen molar-refractivity contribution in [3.63, 3.8) is 0 Å². The highest BCUT2D eigenvalue weighted by atomic mass is 19.1. The summed E-state index contributed by atoms with van der Waals surface area (Å²) in [7, 11) is 0. The van der Waals surface area contributed by atoms with Crippen LogP contribution >= 0.6 is 0 Å². The van der Waals surface area contributed by atoms with Crippen LogP contribution in [-0.4, -0.2) is 52.6 Å². The number of carbonyl (C=O) groups is 1. The van der Waals surface area contributed by atoms with Gasteiger partial charge in [-0.15, -0.1) is 0 Å². The van der Waals surface area contributed by atoms with E-state index in [9.17, 15) is 9.18 Å². The number of benzene rings is 1. The topological polar surface area (TPSA) is 50.6 Å². The van der Waals surface area contributed by atoms with Crippen LogP contribution in [0.15, 0.2) is 18.2 Å². The molecule has 1 fully saturated rings. The Morgan fingerprint density at radius 3 is 2.50 bits per heavy atom. The molecule has 1 aromatic carbocycles. The number of hydrogen-bond donors (Lipinski definition) is 0. The van der Waals surface area contributed by atoms with E-state index in [1.54, 1.807) is 6.07 Å². The van der Waals surface area contributed by atoms with Gasteiger partial charge in [-0.1, -0.05) is 0 Å². The Balaban J connectivity index is 1.64. The molecule has 6 nitrogen and oxygen atoms in total. The fourth-order valence-electron chi connectivity index (χ4n) is 4.92. The summed E-state index contributed by atoms with van der Waals surface area (Å²) < 4.78 is 21.4. The fraction of sp³-hybridized carbons (Fsp3) is 0.600. The molecule has 0 aliphatic carbocycles. The molecule has 0 spiro atoms. The van der Waals surface area contributed by atoms with E-state index < -0.39 is 5.60 Å². The third kappa shape index (κ3) is 4.34. The van der Waals surface area contributed by atoms with Crippen molar-refractivity contribution >= 4 is 11.8 Å². The smallest absolute Gasteiger partial charge is 0.410 e. The summed E-state index contributed by atoms with van der Waals surface area (Å²) in [6, 6.07) is 5.00. The first kappa shape index (κ1) is 22.6. The number of aromatic nitrogens is 2. The Morgan fingerprint density at radius 2 is 1.88 bits per heavy atom. The van der Waals surface area contributed by atoms with Crippen LogP contribution in [0.2, 0.25) is 0 Å². The third-order valence-corrected chi connectivity index (χ3v) is 6.49. The van der Waals surface area contributed by atoms with Gasteiger partial charge in [-0.25, -0.2) is 13.9 Å². The van der Waals surface area contributed by atoms with Gasteiger partial charge in [0.15, 0.2) is 0 Å². The number of nitrogens with zero attached hydrogens (tertiary/aromatic N) is 4. The largest absolute Gasteiger partial charge is 0.444 e. The van der Waals surface area contributed by atoms with Crippen LogP contribution in [0.5, 0.6) is 0 Å². The average molecular weight is 443 g/mol. The molecule has 0 radical (unpaired) electrons. The summed E-state index contributed by atoms with van der Waals surface area (Å²) in [6.07, 6.45) is 3.16. The monoisotopic (exact) mass is 442 g/mol. The molecule has 7 heteroatoms. The molecule has 0 unspecified atom stereocenters. The van der Waals surface area contributed by atoms with E-state index in [1.807, 2.05) is 36.4 Å². The van der Waals surface area contributed by atoms with Gasteiger partial charge in [0.05, 0.1) is 22.8 Å². The van der Waals surface area contributed by atoms with E-state index in [4.69, 9.17) is 9.84 Å². The van der Waals surface area contributed by atoms with E-state index in [1.165, 1.54) is 17.4 Å². The Morgan fingerprint density at radius 1 is 1.19 bits per heavy atom. The van der Waals surface area contributed by atoms with Gasteiger partial charge < -0.3 is 14.5 Å². The number of halogens is 1. The normalized spacial score (nSPS) is 16.5. The first-order valence-corrected chi connectivity index (χ1v) is 11.8. The number of fused-ring (bicyclic) bond motifs is 3. The lowest BCUT2D eigenvalue weighted by Crippen LogP contribution is -2.41. The van der Waals surface area contributed by atoms with Crippen LogP contribution in [-0.2, 0) is 17.6 Å². The van der Waals surface area contributed by atoms with Crippen molar-refractivity contribution < 1.29 is 13.9 Å². The van der Waals surface area contributed by atoms with Gasteiger partial charge in [0, 0.05) is 32.1 Å². The van der Waals surface area contributed by atoms with Crippen LogP contribution in [0.25, 0.3) is 5.69 Å². The summed E-state index contributed by atoms with van der Waals surface area (Å²) in [5.74, 6) is 0.0874. The molecule has 0 N–H and O–H groups in total. The number of anilines is 1. The van der Waals surface area contributed by atoms with E-state index in [2.05, 4.69) is 18.7 Å².